The Labute approximate surface area is 68.8 Å². The highest BCUT2D eigenvalue weighted by Crippen LogP contribution is 1.85. The highest BCUT2D eigenvalue weighted by Gasteiger charge is 2.03. The molecule has 2 N–H and O–H groups in total. The van der Waals surface area contributed by atoms with Crippen molar-refractivity contribution in [3.8, 4) is 0 Å². The van der Waals surface area contributed by atoms with Gasteiger partial charge < -0.3 is 10.3 Å². The van der Waals surface area contributed by atoms with Crippen LogP contribution >= 0.6 is 0 Å². The van der Waals surface area contributed by atoms with Gasteiger partial charge in [0, 0.05) is 6.54 Å². The fourth-order valence-electron chi connectivity index (χ4n) is 0.748. The first-order valence-electron chi connectivity index (χ1n) is 3.56. The van der Waals surface area contributed by atoms with E-state index in [0.717, 1.165) is 6.20 Å². The van der Waals surface area contributed by atoms with Crippen molar-refractivity contribution in [1.82, 2.24) is 15.3 Å². The van der Waals surface area contributed by atoms with E-state index in [9.17, 15) is 9.59 Å². The van der Waals surface area contributed by atoms with E-state index in [1.807, 2.05) is 0 Å². The van der Waals surface area contributed by atoms with Crippen LogP contribution in [0.2, 0.25) is 0 Å². The molecular weight excluding hydrogens is 158 g/mol. The summed E-state index contributed by atoms with van der Waals surface area (Å²) in [5, 5.41) is 2.54. The molecule has 0 fully saturated rings. The van der Waals surface area contributed by atoms with Gasteiger partial charge in [-0.05, 0) is 6.92 Å². The largest absolute Gasteiger partial charge is 0.351 e. The summed E-state index contributed by atoms with van der Waals surface area (Å²) < 4.78 is 0. The fourth-order valence-corrected chi connectivity index (χ4v) is 0.748. The highest BCUT2D eigenvalue weighted by molar-refractivity contribution is 5.91. The van der Waals surface area contributed by atoms with Crippen molar-refractivity contribution in [2.45, 2.75) is 6.92 Å². The lowest BCUT2D eigenvalue weighted by Gasteiger charge is -1.99. The SMILES string of the molecule is CCNC(=O)c1cncc(=O)[nH]1. The summed E-state index contributed by atoms with van der Waals surface area (Å²) in [6.07, 6.45) is 2.43. The van der Waals surface area contributed by atoms with Crippen LogP contribution in [0.5, 0.6) is 0 Å². The molecule has 1 amide bonds. The molecule has 1 rings (SSSR count). The van der Waals surface area contributed by atoms with E-state index < -0.39 is 0 Å². The van der Waals surface area contributed by atoms with E-state index in [-0.39, 0.29) is 17.2 Å². The molecule has 0 saturated heterocycles. The molecule has 0 aliphatic heterocycles. The second kappa shape index (κ2) is 3.66. The molecule has 1 heterocycles. The minimum absolute atomic E-state index is 0.185. The van der Waals surface area contributed by atoms with Gasteiger partial charge in [0.1, 0.15) is 5.69 Å². The minimum atomic E-state index is -0.376. The van der Waals surface area contributed by atoms with Gasteiger partial charge in [-0.15, -0.1) is 0 Å². The first-order chi connectivity index (χ1) is 5.74. The van der Waals surface area contributed by atoms with Crippen LogP contribution in [0.15, 0.2) is 17.2 Å². The number of amides is 1. The van der Waals surface area contributed by atoms with Gasteiger partial charge in [-0.3, -0.25) is 14.6 Å². The van der Waals surface area contributed by atoms with Gasteiger partial charge in [0.25, 0.3) is 11.5 Å². The zero-order valence-electron chi connectivity index (χ0n) is 6.63. The van der Waals surface area contributed by atoms with E-state index in [4.69, 9.17) is 0 Å². The molecule has 0 bridgehead atoms. The molecule has 5 nitrogen and oxygen atoms in total. The summed E-state index contributed by atoms with van der Waals surface area (Å²) in [6.45, 7) is 2.32. The Kier molecular flexibility index (Phi) is 2.57. The summed E-state index contributed by atoms with van der Waals surface area (Å²) in [6, 6.07) is 0. The number of H-pyrrole nitrogens is 1. The molecule has 0 spiro atoms. The standard InChI is InChI=1S/C7H9N3O2/c1-2-9-7(12)5-3-8-4-6(11)10-5/h3-4H,2H2,1H3,(H,9,12)(H,10,11). The molecule has 5 heteroatoms. The lowest BCUT2D eigenvalue weighted by molar-refractivity contribution is 0.0950. The highest BCUT2D eigenvalue weighted by atomic mass is 16.2. The van der Waals surface area contributed by atoms with Crippen LogP contribution in [-0.2, 0) is 0 Å². The molecule has 0 atom stereocenters. The molecule has 0 aliphatic rings. The average molecular weight is 167 g/mol. The first kappa shape index (κ1) is 8.45. The molecule has 64 valence electrons. The number of nitrogens with one attached hydrogen (secondary N) is 2. The summed E-state index contributed by atoms with van der Waals surface area (Å²) in [4.78, 5) is 27.7. The Bertz CT molecular complexity index is 331. The van der Waals surface area contributed by atoms with E-state index in [1.165, 1.54) is 6.20 Å². The molecule has 12 heavy (non-hydrogen) atoms. The van der Waals surface area contributed by atoms with Crippen LogP contribution in [0.4, 0.5) is 0 Å². The normalized spacial score (nSPS) is 9.42. The maximum absolute atomic E-state index is 11.1. The van der Waals surface area contributed by atoms with Crippen LogP contribution in [-0.4, -0.2) is 22.4 Å². The second-order valence-electron chi connectivity index (χ2n) is 2.17. The Morgan fingerprint density at radius 1 is 1.67 bits per heavy atom. The Morgan fingerprint density at radius 2 is 2.42 bits per heavy atom. The molecule has 0 saturated carbocycles. The van der Waals surface area contributed by atoms with Crippen molar-refractivity contribution >= 4 is 5.91 Å². The molecule has 0 radical (unpaired) electrons. The van der Waals surface area contributed by atoms with Crippen LogP contribution in [0, 0.1) is 0 Å². The topological polar surface area (TPSA) is 74.8 Å². The lowest BCUT2D eigenvalue weighted by atomic mass is 10.4. The quantitative estimate of drug-likeness (QED) is 0.624. The maximum atomic E-state index is 11.1. The van der Waals surface area contributed by atoms with E-state index in [2.05, 4.69) is 15.3 Å². The van der Waals surface area contributed by atoms with Gasteiger partial charge in [-0.1, -0.05) is 0 Å². The number of aromatic amines is 1. The predicted octanol–water partition coefficient (Wildman–Crippen LogP) is -0.480. The smallest absolute Gasteiger partial charge is 0.269 e. The van der Waals surface area contributed by atoms with Crippen molar-refractivity contribution in [2.24, 2.45) is 0 Å². The number of carbonyl (C=O) groups is 1. The zero-order chi connectivity index (χ0) is 8.97. The number of hydrogen-bond acceptors (Lipinski definition) is 3. The summed E-state index contributed by atoms with van der Waals surface area (Å²) >= 11 is 0. The number of rotatable bonds is 2. The second-order valence-corrected chi connectivity index (χ2v) is 2.17. The van der Waals surface area contributed by atoms with Crippen LogP contribution in [0.3, 0.4) is 0 Å². The fraction of sp³-hybridized carbons (Fsp3) is 0.286. The zero-order valence-corrected chi connectivity index (χ0v) is 6.63. The van der Waals surface area contributed by atoms with Gasteiger partial charge in [-0.25, -0.2) is 0 Å². The van der Waals surface area contributed by atoms with Crippen molar-refractivity contribution < 1.29 is 4.79 Å². The third-order valence-electron chi connectivity index (χ3n) is 1.24. The first-order valence-corrected chi connectivity index (χ1v) is 3.56. The lowest BCUT2D eigenvalue weighted by Crippen LogP contribution is -2.26. The molecular formula is C7H9N3O2. The average Bonchev–Trinajstić information content (AvgIpc) is 2.05. The van der Waals surface area contributed by atoms with Crippen LogP contribution in [0.1, 0.15) is 17.4 Å². The predicted molar refractivity (Wildman–Crippen MR) is 42.9 cm³/mol. The van der Waals surface area contributed by atoms with Gasteiger partial charge >= 0.3 is 0 Å². The molecule has 1 aromatic rings. The van der Waals surface area contributed by atoms with Crippen LogP contribution in [0.25, 0.3) is 0 Å². The van der Waals surface area contributed by atoms with Crippen molar-refractivity contribution in [3.63, 3.8) is 0 Å². The number of aromatic nitrogens is 2. The van der Waals surface area contributed by atoms with Crippen molar-refractivity contribution in [1.29, 1.82) is 0 Å². The van der Waals surface area contributed by atoms with Gasteiger partial charge in [0.05, 0.1) is 12.4 Å². The molecule has 0 aliphatic carbocycles. The maximum Gasteiger partial charge on any atom is 0.269 e. The monoisotopic (exact) mass is 167 g/mol. The van der Waals surface area contributed by atoms with E-state index in [0.29, 0.717) is 6.54 Å². The van der Waals surface area contributed by atoms with Gasteiger partial charge in [0.2, 0.25) is 0 Å². The van der Waals surface area contributed by atoms with Crippen molar-refractivity contribution in [2.75, 3.05) is 6.54 Å². The molecule has 1 aromatic heterocycles. The third-order valence-corrected chi connectivity index (χ3v) is 1.24. The molecule has 0 aromatic carbocycles. The van der Waals surface area contributed by atoms with Gasteiger partial charge in [-0.2, -0.15) is 0 Å². The van der Waals surface area contributed by atoms with Crippen LogP contribution < -0.4 is 10.9 Å². The summed E-state index contributed by atoms with van der Waals surface area (Å²) in [7, 11) is 0. The summed E-state index contributed by atoms with van der Waals surface area (Å²) in [5.74, 6) is -0.317. The Hall–Kier alpha value is -1.65. The number of nitrogens with zero attached hydrogens (tertiary/aromatic N) is 1. The third kappa shape index (κ3) is 1.91. The van der Waals surface area contributed by atoms with Gasteiger partial charge in [0.15, 0.2) is 0 Å². The Balaban J connectivity index is 2.88. The van der Waals surface area contributed by atoms with E-state index in [1.54, 1.807) is 6.92 Å². The number of carbonyl (C=O) groups excluding carboxylic acids is 1. The minimum Gasteiger partial charge on any atom is -0.351 e. The van der Waals surface area contributed by atoms with E-state index >= 15 is 0 Å². The van der Waals surface area contributed by atoms with Crippen molar-refractivity contribution in [3.05, 3.63) is 28.4 Å². The number of hydrogen-bond donors (Lipinski definition) is 2. The molecule has 0 unspecified atom stereocenters. The Morgan fingerprint density at radius 3 is 3.00 bits per heavy atom. The summed E-state index contributed by atoms with van der Waals surface area (Å²) in [5.41, 5.74) is -0.192.